The van der Waals surface area contributed by atoms with Crippen LogP contribution in [0.2, 0.25) is 0 Å². The van der Waals surface area contributed by atoms with Crippen LogP contribution in [0.1, 0.15) is 40.4 Å². The number of halogens is 1. The molecule has 0 bridgehead atoms. The molecule has 0 aliphatic carbocycles. The van der Waals surface area contributed by atoms with Crippen molar-refractivity contribution in [3.63, 3.8) is 0 Å². The molecule has 0 aliphatic rings. The summed E-state index contributed by atoms with van der Waals surface area (Å²) in [4.78, 5) is 16.3. The maximum atomic E-state index is 12.0. The van der Waals surface area contributed by atoms with Gasteiger partial charge in [-0.05, 0) is 46.7 Å². The third-order valence-corrected chi connectivity index (χ3v) is 4.50. The number of carbonyl (C=O) groups excluding carboxylic acids is 1. The van der Waals surface area contributed by atoms with Gasteiger partial charge in [-0.3, -0.25) is 4.79 Å². The van der Waals surface area contributed by atoms with Crippen molar-refractivity contribution >= 4 is 39.8 Å². The molecular formula is C14H16IN3OS. The fourth-order valence-corrected chi connectivity index (χ4v) is 3.15. The standard InChI is InChI=1S/C14H16IN3OS/c1-2-11(16)14-18-12(8-20-14)13(19)17-7-9-4-3-5-10(15)6-9/h3-6,8,11H,2,7,16H2,1H3,(H,17,19). The lowest BCUT2D eigenvalue weighted by Crippen LogP contribution is -2.23. The van der Waals surface area contributed by atoms with Gasteiger partial charge in [-0.15, -0.1) is 11.3 Å². The molecule has 0 fully saturated rings. The quantitative estimate of drug-likeness (QED) is 0.757. The summed E-state index contributed by atoms with van der Waals surface area (Å²) in [6.45, 7) is 2.51. The Morgan fingerprint density at radius 3 is 3.05 bits per heavy atom. The molecule has 6 heteroatoms. The number of aromatic nitrogens is 1. The Morgan fingerprint density at radius 2 is 2.35 bits per heavy atom. The Bertz CT molecular complexity index is 600. The molecule has 2 rings (SSSR count). The summed E-state index contributed by atoms with van der Waals surface area (Å²) in [5, 5.41) is 5.44. The van der Waals surface area contributed by atoms with Crippen LogP contribution in [0, 0.1) is 3.57 Å². The summed E-state index contributed by atoms with van der Waals surface area (Å²) in [6, 6.07) is 7.94. The molecule has 1 heterocycles. The largest absolute Gasteiger partial charge is 0.347 e. The molecule has 0 saturated heterocycles. The highest BCUT2D eigenvalue weighted by molar-refractivity contribution is 14.1. The lowest BCUT2D eigenvalue weighted by atomic mass is 10.2. The van der Waals surface area contributed by atoms with Crippen LogP contribution in [0.25, 0.3) is 0 Å². The second kappa shape index (κ2) is 7.14. The van der Waals surface area contributed by atoms with E-state index in [1.54, 1.807) is 5.38 Å². The molecule has 1 aromatic heterocycles. The molecule has 0 aliphatic heterocycles. The van der Waals surface area contributed by atoms with Gasteiger partial charge in [-0.2, -0.15) is 0 Å². The number of amides is 1. The van der Waals surface area contributed by atoms with Gasteiger partial charge in [0.25, 0.3) is 5.91 Å². The molecular weight excluding hydrogens is 385 g/mol. The first-order chi connectivity index (χ1) is 9.60. The highest BCUT2D eigenvalue weighted by Gasteiger charge is 2.13. The van der Waals surface area contributed by atoms with Crippen molar-refractivity contribution in [1.29, 1.82) is 0 Å². The van der Waals surface area contributed by atoms with Gasteiger partial charge in [-0.25, -0.2) is 4.98 Å². The molecule has 3 N–H and O–H groups in total. The first-order valence-corrected chi connectivity index (χ1v) is 8.29. The SMILES string of the molecule is CCC(N)c1nc(C(=O)NCc2cccc(I)c2)cs1. The van der Waals surface area contributed by atoms with Crippen molar-refractivity contribution in [3.8, 4) is 0 Å². The van der Waals surface area contributed by atoms with Crippen molar-refractivity contribution in [3.05, 3.63) is 49.5 Å². The van der Waals surface area contributed by atoms with Crippen LogP contribution >= 0.6 is 33.9 Å². The Balaban J connectivity index is 1.96. The van der Waals surface area contributed by atoms with Gasteiger partial charge >= 0.3 is 0 Å². The van der Waals surface area contributed by atoms with E-state index in [9.17, 15) is 4.79 Å². The molecule has 20 heavy (non-hydrogen) atoms. The lowest BCUT2D eigenvalue weighted by Gasteiger charge is -2.04. The predicted octanol–water partition coefficient (Wildman–Crippen LogP) is 3.09. The molecule has 0 radical (unpaired) electrons. The Hall–Kier alpha value is -0.990. The van der Waals surface area contributed by atoms with Gasteiger partial charge in [0.2, 0.25) is 0 Å². The van der Waals surface area contributed by atoms with E-state index in [2.05, 4.69) is 32.9 Å². The van der Waals surface area contributed by atoms with Crippen LogP contribution in [0.5, 0.6) is 0 Å². The third-order valence-electron chi connectivity index (χ3n) is 2.85. The Labute approximate surface area is 135 Å². The zero-order valence-corrected chi connectivity index (χ0v) is 14.1. The smallest absolute Gasteiger partial charge is 0.271 e. The van der Waals surface area contributed by atoms with E-state index in [-0.39, 0.29) is 11.9 Å². The normalized spacial score (nSPS) is 12.2. The summed E-state index contributed by atoms with van der Waals surface area (Å²) < 4.78 is 1.15. The molecule has 1 aromatic carbocycles. The van der Waals surface area contributed by atoms with Crippen molar-refractivity contribution in [2.45, 2.75) is 25.9 Å². The van der Waals surface area contributed by atoms with Crippen LogP contribution in [0.3, 0.4) is 0 Å². The van der Waals surface area contributed by atoms with Crippen molar-refractivity contribution in [2.24, 2.45) is 5.73 Å². The fraction of sp³-hybridized carbons (Fsp3) is 0.286. The van der Waals surface area contributed by atoms with Gasteiger partial charge < -0.3 is 11.1 Å². The topological polar surface area (TPSA) is 68.0 Å². The molecule has 1 atom stereocenters. The Kier molecular flexibility index (Phi) is 5.50. The van der Waals surface area contributed by atoms with Crippen LogP contribution in [-0.4, -0.2) is 10.9 Å². The van der Waals surface area contributed by atoms with E-state index in [1.165, 1.54) is 11.3 Å². The van der Waals surface area contributed by atoms with Gasteiger partial charge in [0.05, 0.1) is 6.04 Å². The third kappa shape index (κ3) is 4.00. The zero-order valence-electron chi connectivity index (χ0n) is 11.1. The highest BCUT2D eigenvalue weighted by atomic mass is 127. The van der Waals surface area contributed by atoms with Gasteiger partial charge in [0, 0.05) is 15.5 Å². The highest BCUT2D eigenvalue weighted by Crippen LogP contribution is 2.18. The molecule has 2 aromatic rings. The molecule has 1 amide bonds. The first kappa shape index (κ1) is 15.4. The van der Waals surface area contributed by atoms with Crippen molar-refractivity contribution < 1.29 is 4.79 Å². The van der Waals surface area contributed by atoms with E-state index in [0.717, 1.165) is 20.6 Å². The molecule has 4 nitrogen and oxygen atoms in total. The van der Waals surface area contributed by atoms with Crippen molar-refractivity contribution in [1.82, 2.24) is 10.3 Å². The number of nitrogens with two attached hydrogens (primary N) is 1. The fourth-order valence-electron chi connectivity index (χ4n) is 1.66. The minimum Gasteiger partial charge on any atom is -0.347 e. The first-order valence-electron chi connectivity index (χ1n) is 6.33. The van der Waals surface area contributed by atoms with E-state index in [1.807, 2.05) is 31.2 Å². The van der Waals surface area contributed by atoms with Crippen LogP contribution in [0.4, 0.5) is 0 Å². The summed E-state index contributed by atoms with van der Waals surface area (Å²) >= 11 is 3.69. The second-order valence-electron chi connectivity index (χ2n) is 4.40. The second-order valence-corrected chi connectivity index (χ2v) is 6.53. The van der Waals surface area contributed by atoms with E-state index >= 15 is 0 Å². The summed E-state index contributed by atoms with van der Waals surface area (Å²) in [7, 11) is 0. The van der Waals surface area contributed by atoms with Gasteiger partial charge in [0.15, 0.2) is 0 Å². The lowest BCUT2D eigenvalue weighted by molar-refractivity contribution is 0.0946. The van der Waals surface area contributed by atoms with Gasteiger partial charge in [0.1, 0.15) is 10.7 Å². The predicted molar refractivity (Wildman–Crippen MR) is 89.7 cm³/mol. The number of nitrogens with one attached hydrogen (secondary N) is 1. The average molecular weight is 401 g/mol. The number of hydrogen-bond acceptors (Lipinski definition) is 4. The van der Waals surface area contributed by atoms with Crippen molar-refractivity contribution in [2.75, 3.05) is 0 Å². The number of rotatable bonds is 5. The van der Waals surface area contributed by atoms with E-state index in [0.29, 0.717) is 12.2 Å². The van der Waals surface area contributed by atoms with Gasteiger partial charge in [-0.1, -0.05) is 19.1 Å². The number of carbonyl (C=O) groups is 1. The molecule has 0 spiro atoms. The average Bonchev–Trinajstić information content (AvgIpc) is 2.94. The number of nitrogens with zero attached hydrogens (tertiary/aromatic N) is 1. The molecule has 1 unspecified atom stereocenters. The maximum Gasteiger partial charge on any atom is 0.271 e. The minimum absolute atomic E-state index is 0.0859. The van der Waals surface area contributed by atoms with Crippen LogP contribution in [-0.2, 0) is 6.54 Å². The summed E-state index contributed by atoms with van der Waals surface area (Å²) in [6.07, 6.45) is 0.816. The van der Waals surface area contributed by atoms with E-state index in [4.69, 9.17) is 5.73 Å². The zero-order chi connectivity index (χ0) is 14.5. The molecule has 106 valence electrons. The maximum absolute atomic E-state index is 12.0. The van der Waals surface area contributed by atoms with Crippen LogP contribution in [0.15, 0.2) is 29.6 Å². The molecule has 0 saturated carbocycles. The number of benzene rings is 1. The number of thiazole rings is 1. The summed E-state index contributed by atoms with van der Waals surface area (Å²) in [5.41, 5.74) is 7.42. The number of hydrogen-bond donors (Lipinski definition) is 2. The Morgan fingerprint density at radius 1 is 1.55 bits per heavy atom. The monoisotopic (exact) mass is 401 g/mol. The summed E-state index contributed by atoms with van der Waals surface area (Å²) in [5.74, 6) is -0.158. The van der Waals surface area contributed by atoms with E-state index < -0.39 is 0 Å². The minimum atomic E-state index is -0.158. The van der Waals surface area contributed by atoms with Crippen LogP contribution < -0.4 is 11.1 Å².